The van der Waals surface area contributed by atoms with Crippen molar-refractivity contribution in [3.8, 4) is 0 Å². The zero-order valence-corrected chi connectivity index (χ0v) is 10.4. The van der Waals surface area contributed by atoms with Crippen molar-refractivity contribution in [2.24, 2.45) is 0 Å². The number of hydrogen-bond donors (Lipinski definition) is 1. The van der Waals surface area contributed by atoms with Gasteiger partial charge in [-0.2, -0.15) is 0 Å². The third-order valence-corrected chi connectivity index (χ3v) is 3.78. The van der Waals surface area contributed by atoms with Crippen molar-refractivity contribution in [2.45, 2.75) is 51.0 Å². The number of pyridine rings is 1. The summed E-state index contributed by atoms with van der Waals surface area (Å²) in [5, 5.41) is 3.64. The van der Waals surface area contributed by atoms with Crippen molar-refractivity contribution in [2.75, 3.05) is 6.54 Å². The summed E-state index contributed by atoms with van der Waals surface area (Å²) in [6.07, 6.45) is 8.93. The van der Waals surface area contributed by atoms with Crippen molar-refractivity contribution >= 4 is 0 Å². The summed E-state index contributed by atoms with van der Waals surface area (Å²) in [7, 11) is 0. The van der Waals surface area contributed by atoms with E-state index in [2.05, 4.69) is 30.2 Å². The normalized spacial score (nSPS) is 29.5. The first-order valence-corrected chi connectivity index (χ1v) is 6.38. The first-order chi connectivity index (χ1) is 7.74. The van der Waals surface area contributed by atoms with Gasteiger partial charge in [-0.15, -0.1) is 0 Å². The third-order valence-electron chi connectivity index (χ3n) is 3.78. The van der Waals surface area contributed by atoms with E-state index in [4.69, 9.17) is 0 Å². The predicted octanol–water partition coefficient (Wildman–Crippen LogP) is 2.89. The topological polar surface area (TPSA) is 24.9 Å². The van der Waals surface area contributed by atoms with Crippen LogP contribution in [0, 0.1) is 0 Å². The first-order valence-electron chi connectivity index (χ1n) is 6.38. The molecule has 1 aromatic heterocycles. The van der Waals surface area contributed by atoms with Gasteiger partial charge in [0.2, 0.25) is 0 Å². The van der Waals surface area contributed by atoms with Crippen LogP contribution in [-0.4, -0.2) is 17.6 Å². The van der Waals surface area contributed by atoms with Crippen molar-refractivity contribution in [1.82, 2.24) is 10.3 Å². The Hall–Kier alpha value is -0.890. The van der Waals surface area contributed by atoms with Crippen LogP contribution in [-0.2, 0) is 5.41 Å². The molecule has 16 heavy (non-hydrogen) atoms. The van der Waals surface area contributed by atoms with Crippen LogP contribution in [0.4, 0.5) is 0 Å². The van der Waals surface area contributed by atoms with Gasteiger partial charge in [0.05, 0.1) is 0 Å². The molecule has 2 atom stereocenters. The maximum atomic E-state index is 4.24. The van der Waals surface area contributed by atoms with Crippen molar-refractivity contribution in [3.63, 3.8) is 0 Å². The molecule has 0 bridgehead atoms. The van der Waals surface area contributed by atoms with Gasteiger partial charge in [0.15, 0.2) is 0 Å². The Bertz CT molecular complexity index is 323. The smallest absolute Gasteiger partial charge is 0.0305 e. The summed E-state index contributed by atoms with van der Waals surface area (Å²) >= 11 is 0. The molecule has 2 heteroatoms. The fourth-order valence-electron chi connectivity index (χ4n) is 2.75. The van der Waals surface area contributed by atoms with Crippen LogP contribution in [0.5, 0.6) is 0 Å². The van der Waals surface area contributed by atoms with E-state index in [9.17, 15) is 0 Å². The summed E-state index contributed by atoms with van der Waals surface area (Å²) in [4.78, 5) is 4.24. The Kier molecular flexibility index (Phi) is 3.59. The molecule has 1 aliphatic rings. The molecule has 88 valence electrons. The minimum Gasteiger partial charge on any atom is -0.314 e. The highest BCUT2D eigenvalue weighted by Gasteiger charge is 2.36. The van der Waals surface area contributed by atoms with Gasteiger partial charge in [0, 0.05) is 18.4 Å². The van der Waals surface area contributed by atoms with Gasteiger partial charge >= 0.3 is 0 Å². The fourth-order valence-corrected chi connectivity index (χ4v) is 2.75. The largest absolute Gasteiger partial charge is 0.314 e. The lowest BCUT2D eigenvalue weighted by Gasteiger charge is -2.24. The monoisotopic (exact) mass is 218 g/mol. The second-order valence-corrected chi connectivity index (χ2v) is 5.20. The Labute approximate surface area is 98.5 Å². The molecule has 2 rings (SSSR count). The van der Waals surface area contributed by atoms with Gasteiger partial charge < -0.3 is 5.32 Å². The highest BCUT2D eigenvalue weighted by Crippen LogP contribution is 2.40. The van der Waals surface area contributed by atoms with Gasteiger partial charge in [-0.1, -0.05) is 19.9 Å². The first kappa shape index (κ1) is 11.6. The molecule has 0 aromatic carbocycles. The average molecular weight is 218 g/mol. The molecule has 1 aromatic rings. The average Bonchev–Trinajstić information content (AvgIpc) is 2.71. The van der Waals surface area contributed by atoms with Gasteiger partial charge in [0.25, 0.3) is 0 Å². The van der Waals surface area contributed by atoms with Gasteiger partial charge in [-0.25, -0.2) is 0 Å². The quantitative estimate of drug-likeness (QED) is 0.840. The van der Waals surface area contributed by atoms with E-state index < -0.39 is 0 Å². The van der Waals surface area contributed by atoms with E-state index in [1.54, 1.807) is 0 Å². The van der Waals surface area contributed by atoms with Crippen LogP contribution in [0.2, 0.25) is 0 Å². The van der Waals surface area contributed by atoms with Gasteiger partial charge in [-0.05, 0) is 49.3 Å². The molecule has 2 unspecified atom stereocenters. The van der Waals surface area contributed by atoms with Crippen molar-refractivity contribution < 1.29 is 0 Å². The Morgan fingerprint density at radius 3 is 3.12 bits per heavy atom. The molecule has 0 aliphatic heterocycles. The van der Waals surface area contributed by atoms with Crippen LogP contribution in [0.1, 0.15) is 45.1 Å². The minimum atomic E-state index is 0.333. The highest BCUT2D eigenvalue weighted by molar-refractivity contribution is 5.23. The fraction of sp³-hybridized carbons (Fsp3) is 0.643. The van der Waals surface area contributed by atoms with E-state index >= 15 is 0 Å². The summed E-state index contributed by atoms with van der Waals surface area (Å²) in [5.74, 6) is 0. The Balaban J connectivity index is 2.01. The molecule has 0 radical (unpaired) electrons. The summed E-state index contributed by atoms with van der Waals surface area (Å²) < 4.78 is 0. The number of rotatable bonds is 4. The summed E-state index contributed by atoms with van der Waals surface area (Å²) in [6.45, 7) is 5.74. The van der Waals surface area contributed by atoms with Crippen LogP contribution < -0.4 is 5.32 Å². The molecule has 1 fully saturated rings. The van der Waals surface area contributed by atoms with E-state index in [1.807, 2.05) is 18.5 Å². The van der Waals surface area contributed by atoms with Crippen molar-refractivity contribution in [1.29, 1.82) is 0 Å². The number of nitrogens with zero attached hydrogens (tertiary/aromatic N) is 1. The van der Waals surface area contributed by atoms with Crippen LogP contribution in [0.25, 0.3) is 0 Å². The van der Waals surface area contributed by atoms with Crippen LogP contribution >= 0.6 is 0 Å². The minimum absolute atomic E-state index is 0.333. The second kappa shape index (κ2) is 4.96. The SMILES string of the molecule is CCCNC1CCC(C)(c2cccnc2)C1. The van der Waals surface area contributed by atoms with Crippen molar-refractivity contribution in [3.05, 3.63) is 30.1 Å². The van der Waals surface area contributed by atoms with E-state index in [0.717, 1.165) is 6.54 Å². The van der Waals surface area contributed by atoms with Gasteiger partial charge in [-0.3, -0.25) is 4.98 Å². The van der Waals surface area contributed by atoms with E-state index in [0.29, 0.717) is 11.5 Å². The zero-order chi connectivity index (χ0) is 11.4. The van der Waals surface area contributed by atoms with Gasteiger partial charge in [0.1, 0.15) is 0 Å². The maximum absolute atomic E-state index is 4.24. The number of hydrogen-bond acceptors (Lipinski definition) is 2. The van der Waals surface area contributed by atoms with Crippen LogP contribution in [0.15, 0.2) is 24.5 Å². The second-order valence-electron chi connectivity index (χ2n) is 5.20. The maximum Gasteiger partial charge on any atom is 0.0305 e. The lowest BCUT2D eigenvalue weighted by molar-refractivity contribution is 0.451. The Morgan fingerprint density at radius 2 is 2.44 bits per heavy atom. The number of aromatic nitrogens is 1. The van der Waals surface area contributed by atoms with E-state index in [-0.39, 0.29) is 0 Å². The molecule has 1 heterocycles. The predicted molar refractivity (Wildman–Crippen MR) is 67.5 cm³/mol. The molecule has 0 saturated heterocycles. The molecular formula is C14H22N2. The summed E-state index contributed by atoms with van der Waals surface area (Å²) in [6, 6.07) is 4.97. The molecule has 1 aliphatic carbocycles. The molecule has 2 nitrogen and oxygen atoms in total. The molecule has 0 amide bonds. The van der Waals surface area contributed by atoms with E-state index in [1.165, 1.54) is 31.2 Å². The third kappa shape index (κ3) is 2.43. The molecule has 1 saturated carbocycles. The molecular weight excluding hydrogens is 196 g/mol. The number of nitrogens with one attached hydrogen (secondary N) is 1. The summed E-state index contributed by atoms with van der Waals surface area (Å²) in [5.41, 5.74) is 1.73. The lowest BCUT2D eigenvalue weighted by atomic mass is 9.82. The molecule has 0 spiro atoms. The zero-order valence-electron chi connectivity index (χ0n) is 10.4. The Morgan fingerprint density at radius 1 is 1.56 bits per heavy atom. The standard InChI is InChI=1S/C14H22N2/c1-3-8-16-13-6-7-14(2,10-13)12-5-4-9-15-11-12/h4-5,9,11,13,16H,3,6-8,10H2,1-2H3. The van der Waals surface area contributed by atoms with Crippen LogP contribution in [0.3, 0.4) is 0 Å². The highest BCUT2D eigenvalue weighted by atomic mass is 14.9. The molecule has 1 N–H and O–H groups in total. The lowest BCUT2D eigenvalue weighted by Crippen LogP contribution is -2.29.